The van der Waals surface area contributed by atoms with Crippen LogP contribution in [0.5, 0.6) is 0 Å². The predicted octanol–water partition coefficient (Wildman–Crippen LogP) is 2.24. The van der Waals surface area contributed by atoms with Crippen molar-refractivity contribution in [2.45, 2.75) is 19.8 Å². The van der Waals surface area contributed by atoms with Crippen LogP contribution in [0.15, 0.2) is 18.2 Å². The summed E-state index contributed by atoms with van der Waals surface area (Å²) in [6.07, 6.45) is 2.12. The molecular formula is C15H21IN2O2. The van der Waals surface area contributed by atoms with Crippen molar-refractivity contribution < 1.29 is 9.90 Å². The zero-order valence-corrected chi connectivity index (χ0v) is 13.9. The second kappa shape index (κ2) is 7.38. The van der Waals surface area contributed by atoms with E-state index in [0.29, 0.717) is 12.5 Å². The van der Waals surface area contributed by atoms with Crippen LogP contribution >= 0.6 is 22.6 Å². The standard InChI is InChI=1S/C15H21IN2O2/c1-11-7-13(16)4-5-14(11)17-15(20)9-18-6-2-3-12(8-18)10-19/h4-5,7,12,19H,2-3,6,8-10H2,1H3,(H,17,20). The zero-order chi connectivity index (χ0) is 14.5. The Labute approximate surface area is 133 Å². The molecule has 1 saturated heterocycles. The number of hydrogen-bond acceptors (Lipinski definition) is 3. The lowest BCUT2D eigenvalue weighted by molar-refractivity contribution is -0.117. The molecule has 0 radical (unpaired) electrons. The molecule has 1 heterocycles. The number of anilines is 1. The first-order chi connectivity index (χ1) is 9.58. The van der Waals surface area contributed by atoms with Gasteiger partial charge in [-0.25, -0.2) is 0 Å². The Bertz CT molecular complexity index is 479. The van der Waals surface area contributed by atoms with E-state index >= 15 is 0 Å². The summed E-state index contributed by atoms with van der Waals surface area (Å²) in [4.78, 5) is 14.2. The number of carbonyl (C=O) groups excluding carboxylic acids is 1. The molecule has 0 bridgehead atoms. The number of nitrogens with zero attached hydrogens (tertiary/aromatic N) is 1. The molecule has 0 spiro atoms. The van der Waals surface area contributed by atoms with Gasteiger partial charge in [0.05, 0.1) is 6.54 Å². The molecule has 0 saturated carbocycles. The number of likely N-dealkylation sites (tertiary alicyclic amines) is 1. The van der Waals surface area contributed by atoms with E-state index in [-0.39, 0.29) is 12.5 Å². The van der Waals surface area contributed by atoms with Gasteiger partial charge in [-0.05, 0) is 78.6 Å². The Morgan fingerprint density at radius 1 is 1.55 bits per heavy atom. The van der Waals surface area contributed by atoms with Crippen LogP contribution in [0, 0.1) is 16.4 Å². The number of amides is 1. The summed E-state index contributed by atoms with van der Waals surface area (Å²) in [6, 6.07) is 5.99. The van der Waals surface area contributed by atoms with Crippen molar-refractivity contribution in [2.75, 3.05) is 31.6 Å². The topological polar surface area (TPSA) is 52.6 Å². The minimum atomic E-state index is 0.0212. The fraction of sp³-hybridized carbons (Fsp3) is 0.533. The van der Waals surface area contributed by atoms with Gasteiger partial charge in [0, 0.05) is 22.4 Å². The maximum Gasteiger partial charge on any atom is 0.238 e. The normalized spacial score (nSPS) is 19.9. The average molecular weight is 388 g/mol. The lowest BCUT2D eigenvalue weighted by Crippen LogP contribution is -2.41. The van der Waals surface area contributed by atoms with Gasteiger partial charge in [-0.1, -0.05) is 0 Å². The monoisotopic (exact) mass is 388 g/mol. The van der Waals surface area contributed by atoms with Gasteiger partial charge >= 0.3 is 0 Å². The van der Waals surface area contributed by atoms with E-state index in [0.717, 1.165) is 37.2 Å². The molecule has 0 aromatic heterocycles. The number of halogens is 1. The van der Waals surface area contributed by atoms with Crippen molar-refractivity contribution in [1.29, 1.82) is 0 Å². The van der Waals surface area contributed by atoms with Crippen molar-refractivity contribution in [2.24, 2.45) is 5.92 Å². The second-order valence-corrected chi connectivity index (χ2v) is 6.68. The largest absolute Gasteiger partial charge is 0.396 e. The number of aliphatic hydroxyl groups excluding tert-OH is 1. The third kappa shape index (κ3) is 4.43. The molecular weight excluding hydrogens is 367 g/mol. The molecule has 1 aromatic carbocycles. The molecule has 20 heavy (non-hydrogen) atoms. The van der Waals surface area contributed by atoms with Crippen molar-refractivity contribution >= 4 is 34.2 Å². The lowest BCUT2D eigenvalue weighted by atomic mass is 9.99. The Hall–Kier alpha value is -0.660. The van der Waals surface area contributed by atoms with Crippen molar-refractivity contribution in [3.05, 3.63) is 27.3 Å². The molecule has 1 atom stereocenters. The van der Waals surface area contributed by atoms with Crippen LogP contribution in [0.2, 0.25) is 0 Å². The first-order valence-electron chi connectivity index (χ1n) is 6.97. The van der Waals surface area contributed by atoms with Gasteiger partial charge < -0.3 is 10.4 Å². The third-order valence-corrected chi connectivity index (χ3v) is 4.36. The first kappa shape index (κ1) is 15.7. The molecule has 1 fully saturated rings. The average Bonchev–Trinajstić information content (AvgIpc) is 2.42. The lowest BCUT2D eigenvalue weighted by Gasteiger charge is -2.31. The maximum absolute atomic E-state index is 12.1. The fourth-order valence-corrected chi connectivity index (χ4v) is 3.25. The Balaban J connectivity index is 1.88. The van der Waals surface area contributed by atoms with Crippen LogP contribution < -0.4 is 5.32 Å². The number of benzene rings is 1. The van der Waals surface area contributed by atoms with Crippen LogP contribution in [0.25, 0.3) is 0 Å². The summed E-state index contributed by atoms with van der Waals surface area (Å²) in [5.41, 5.74) is 1.96. The van der Waals surface area contributed by atoms with Crippen molar-refractivity contribution in [1.82, 2.24) is 4.90 Å². The molecule has 2 N–H and O–H groups in total. The smallest absolute Gasteiger partial charge is 0.238 e. The number of aliphatic hydroxyl groups is 1. The predicted molar refractivity (Wildman–Crippen MR) is 88.8 cm³/mol. The van der Waals surface area contributed by atoms with Crippen molar-refractivity contribution in [3.63, 3.8) is 0 Å². The summed E-state index contributed by atoms with van der Waals surface area (Å²) in [6.45, 7) is 4.38. The number of aryl methyl sites for hydroxylation is 1. The Kier molecular flexibility index (Phi) is 5.80. The van der Waals surface area contributed by atoms with E-state index in [1.165, 1.54) is 3.57 Å². The maximum atomic E-state index is 12.1. The summed E-state index contributed by atoms with van der Waals surface area (Å²) in [5.74, 6) is 0.337. The number of hydrogen-bond donors (Lipinski definition) is 2. The van der Waals surface area contributed by atoms with Crippen LogP contribution in [0.4, 0.5) is 5.69 Å². The molecule has 1 aliphatic heterocycles. The van der Waals surface area contributed by atoms with Gasteiger partial charge in [0.25, 0.3) is 0 Å². The summed E-state index contributed by atoms with van der Waals surface area (Å²) in [7, 11) is 0. The van der Waals surface area contributed by atoms with E-state index in [9.17, 15) is 9.90 Å². The van der Waals surface area contributed by atoms with Crippen LogP contribution in [-0.2, 0) is 4.79 Å². The number of nitrogens with one attached hydrogen (secondary N) is 1. The first-order valence-corrected chi connectivity index (χ1v) is 8.05. The second-order valence-electron chi connectivity index (χ2n) is 5.43. The molecule has 5 heteroatoms. The van der Waals surface area contributed by atoms with Gasteiger partial charge in [-0.15, -0.1) is 0 Å². The summed E-state index contributed by atoms with van der Waals surface area (Å²) < 4.78 is 1.17. The van der Waals surface area contributed by atoms with Gasteiger partial charge in [0.2, 0.25) is 5.91 Å². The molecule has 1 aliphatic rings. The van der Waals surface area contributed by atoms with Crippen LogP contribution in [0.1, 0.15) is 18.4 Å². The highest BCUT2D eigenvalue weighted by Gasteiger charge is 2.21. The Morgan fingerprint density at radius 2 is 2.35 bits per heavy atom. The summed E-state index contributed by atoms with van der Waals surface area (Å²) in [5, 5.41) is 12.2. The van der Waals surface area contributed by atoms with E-state index in [4.69, 9.17) is 0 Å². The quantitative estimate of drug-likeness (QED) is 0.779. The molecule has 0 aliphatic carbocycles. The highest BCUT2D eigenvalue weighted by molar-refractivity contribution is 14.1. The molecule has 1 aromatic rings. The van der Waals surface area contributed by atoms with Gasteiger partial charge in [-0.2, -0.15) is 0 Å². The molecule has 110 valence electrons. The van der Waals surface area contributed by atoms with E-state index in [1.807, 2.05) is 19.1 Å². The summed E-state index contributed by atoms with van der Waals surface area (Å²) >= 11 is 2.26. The van der Waals surface area contributed by atoms with Gasteiger partial charge in [-0.3, -0.25) is 9.69 Å². The third-order valence-electron chi connectivity index (χ3n) is 3.69. The van der Waals surface area contributed by atoms with E-state index in [2.05, 4.69) is 38.9 Å². The highest BCUT2D eigenvalue weighted by atomic mass is 127. The van der Waals surface area contributed by atoms with E-state index < -0.39 is 0 Å². The van der Waals surface area contributed by atoms with Gasteiger partial charge in [0.1, 0.15) is 0 Å². The fourth-order valence-electron chi connectivity index (χ4n) is 2.60. The Morgan fingerprint density at radius 3 is 3.05 bits per heavy atom. The minimum absolute atomic E-state index is 0.0212. The molecule has 1 unspecified atom stereocenters. The van der Waals surface area contributed by atoms with Gasteiger partial charge in [0.15, 0.2) is 0 Å². The van der Waals surface area contributed by atoms with Crippen molar-refractivity contribution in [3.8, 4) is 0 Å². The van der Waals surface area contributed by atoms with Crippen LogP contribution in [-0.4, -0.2) is 42.2 Å². The molecule has 2 rings (SSSR count). The number of carbonyl (C=O) groups is 1. The van der Waals surface area contributed by atoms with Crippen LogP contribution in [0.3, 0.4) is 0 Å². The minimum Gasteiger partial charge on any atom is -0.396 e. The number of rotatable bonds is 4. The van der Waals surface area contributed by atoms with E-state index in [1.54, 1.807) is 0 Å². The highest BCUT2D eigenvalue weighted by Crippen LogP contribution is 2.18. The molecule has 4 nitrogen and oxygen atoms in total. The molecule has 1 amide bonds. The SMILES string of the molecule is Cc1cc(I)ccc1NC(=O)CN1CCCC(CO)C1. The zero-order valence-electron chi connectivity index (χ0n) is 11.7. The number of piperidine rings is 1.